The van der Waals surface area contributed by atoms with Crippen LogP contribution in [-0.4, -0.2) is 37.4 Å². The lowest BCUT2D eigenvalue weighted by atomic mass is 9.56. The van der Waals surface area contributed by atoms with Crippen LogP contribution in [0.3, 0.4) is 0 Å². The standard InChI is InChI=1S/C20H31N3O/c1-3-8-19-11-22-13-20(9-4-2,18(19)24)14-23(12-19)17(22)15-6-5-7-16(21)10-15/h5-7,10,17-18,24H,3-4,8-9,11-14,21H2,1-2H3/p+2. The van der Waals surface area contributed by atoms with E-state index in [4.69, 9.17) is 5.73 Å². The Labute approximate surface area is 145 Å². The van der Waals surface area contributed by atoms with Crippen molar-refractivity contribution >= 4 is 5.69 Å². The summed E-state index contributed by atoms with van der Waals surface area (Å²) < 4.78 is 0. The van der Waals surface area contributed by atoms with Crippen molar-refractivity contribution in [1.82, 2.24) is 0 Å². The van der Waals surface area contributed by atoms with Crippen LogP contribution in [0.1, 0.15) is 51.3 Å². The number of hydrogen-bond donors (Lipinski definition) is 4. The maximum Gasteiger partial charge on any atom is 0.240 e. The smallest absolute Gasteiger partial charge is 0.240 e. The molecule has 4 aliphatic heterocycles. The van der Waals surface area contributed by atoms with E-state index in [-0.39, 0.29) is 16.9 Å². The molecule has 0 saturated carbocycles. The zero-order valence-electron chi connectivity index (χ0n) is 15.1. The van der Waals surface area contributed by atoms with Gasteiger partial charge in [-0.05, 0) is 31.0 Å². The topological polar surface area (TPSA) is 55.1 Å². The second-order valence-corrected chi connectivity index (χ2v) is 8.75. The fraction of sp³-hybridized carbons (Fsp3) is 0.700. The number of aliphatic hydroxyl groups is 1. The average Bonchev–Trinajstić information content (AvgIpc) is 2.52. The third kappa shape index (κ3) is 2.23. The van der Waals surface area contributed by atoms with E-state index in [2.05, 4.69) is 32.0 Å². The van der Waals surface area contributed by atoms with Gasteiger partial charge in [0.1, 0.15) is 0 Å². The summed E-state index contributed by atoms with van der Waals surface area (Å²) >= 11 is 0. The predicted molar refractivity (Wildman–Crippen MR) is 95.7 cm³/mol. The Morgan fingerprint density at radius 2 is 1.58 bits per heavy atom. The molecule has 4 aliphatic rings. The van der Waals surface area contributed by atoms with Gasteiger partial charge in [0.25, 0.3) is 0 Å². The highest BCUT2D eigenvalue weighted by atomic mass is 16.3. The van der Waals surface area contributed by atoms with Crippen molar-refractivity contribution in [2.75, 3.05) is 31.9 Å². The molecule has 4 saturated heterocycles. The van der Waals surface area contributed by atoms with E-state index in [1.165, 1.54) is 18.4 Å². The molecule has 132 valence electrons. The Balaban J connectivity index is 1.72. The molecule has 4 nitrogen and oxygen atoms in total. The zero-order valence-corrected chi connectivity index (χ0v) is 15.1. The molecule has 0 aromatic heterocycles. The van der Waals surface area contributed by atoms with Crippen molar-refractivity contribution < 1.29 is 14.9 Å². The fourth-order valence-corrected chi connectivity index (χ4v) is 6.62. The van der Waals surface area contributed by atoms with Gasteiger partial charge in [0.05, 0.1) is 48.7 Å². The number of anilines is 1. The van der Waals surface area contributed by atoms with Crippen LogP contribution in [0.4, 0.5) is 5.69 Å². The quantitative estimate of drug-likeness (QED) is 0.575. The SMILES string of the molecule is CCCC12C[NH+]3CC(CCC)(C[NH+](C1)C3c1cccc(N)c1)C2O. The second kappa shape index (κ2) is 5.72. The van der Waals surface area contributed by atoms with E-state index < -0.39 is 0 Å². The second-order valence-electron chi connectivity index (χ2n) is 8.75. The normalized spacial score (nSPS) is 43.3. The predicted octanol–water partition coefficient (Wildman–Crippen LogP) is 0.0119. The Hall–Kier alpha value is -1.10. The van der Waals surface area contributed by atoms with Crippen molar-refractivity contribution in [2.45, 2.75) is 51.8 Å². The van der Waals surface area contributed by atoms with Crippen LogP contribution in [-0.2, 0) is 0 Å². The summed E-state index contributed by atoms with van der Waals surface area (Å²) in [6, 6.07) is 8.49. The van der Waals surface area contributed by atoms with Gasteiger partial charge in [-0.3, -0.25) is 9.80 Å². The van der Waals surface area contributed by atoms with Gasteiger partial charge in [-0.2, -0.15) is 0 Å². The van der Waals surface area contributed by atoms with Crippen LogP contribution in [0.25, 0.3) is 0 Å². The van der Waals surface area contributed by atoms with Crippen molar-refractivity contribution in [1.29, 1.82) is 0 Å². The van der Waals surface area contributed by atoms with Gasteiger partial charge in [0.2, 0.25) is 6.17 Å². The summed E-state index contributed by atoms with van der Waals surface area (Å²) in [5.41, 5.74) is 8.57. The first-order chi connectivity index (χ1) is 11.5. The van der Waals surface area contributed by atoms with Crippen molar-refractivity contribution in [3.63, 3.8) is 0 Å². The lowest BCUT2D eigenvalue weighted by Crippen LogP contribution is -3.41. The molecule has 0 unspecified atom stereocenters. The summed E-state index contributed by atoms with van der Waals surface area (Å²) in [4.78, 5) is 3.36. The number of piperidine rings is 2. The Bertz CT molecular complexity index is 575. The Morgan fingerprint density at radius 1 is 1.04 bits per heavy atom. The highest BCUT2D eigenvalue weighted by Gasteiger charge is 2.70. The first-order valence-corrected chi connectivity index (χ1v) is 9.76. The number of aliphatic hydroxyl groups excluding tert-OH is 1. The Morgan fingerprint density at radius 3 is 2.04 bits per heavy atom. The van der Waals surface area contributed by atoms with E-state index in [0.29, 0.717) is 6.17 Å². The van der Waals surface area contributed by atoms with Gasteiger partial charge in [0.15, 0.2) is 0 Å². The van der Waals surface area contributed by atoms with E-state index in [9.17, 15) is 5.11 Å². The number of quaternary nitrogens is 2. The molecule has 24 heavy (non-hydrogen) atoms. The zero-order chi connectivity index (χ0) is 16.9. The van der Waals surface area contributed by atoms with Crippen LogP contribution in [0, 0.1) is 10.8 Å². The lowest BCUT2D eigenvalue weighted by Gasteiger charge is -2.64. The molecule has 0 aliphatic carbocycles. The molecule has 0 atom stereocenters. The van der Waals surface area contributed by atoms with Crippen LogP contribution < -0.4 is 15.5 Å². The highest BCUT2D eigenvalue weighted by molar-refractivity contribution is 5.41. The Kier molecular flexibility index (Phi) is 3.90. The van der Waals surface area contributed by atoms with Gasteiger partial charge in [-0.25, -0.2) is 0 Å². The summed E-state index contributed by atoms with van der Waals surface area (Å²) in [6.07, 6.45) is 5.05. The molecular weight excluding hydrogens is 298 g/mol. The third-order valence-corrected chi connectivity index (χ3v) is 7.03. The molecule has 4 heteroatoms. The van der Waals surface area contributed by atoms with Crippen LogP contribution in [0.2, 0.25) is 0 Å². The summed E-state index contributed by atoms with van der Waals surface area (Å²) in [5, 5.41) is 11.3. The maximum atomic E-state index is 11.3. The molecule has 4 bridgehead atoms. The van der Waals surface area contributed by atoms with Crippen LogP contribution >= 0.6 is 0 Å². The molecule has 0 amide bonds. The van der Waals surface area contributed by atoms with E-state index in [0.717, 1.165) is 44.7 Å². The van der Waals surface area contributed by atoms with Crippen molar-refractivity contribution in [2.24, 2.45) is 10.8 Å². The van der Waals surface area contributed by atoms with Crippen LogP contribution in [0.5, 0.6) is 0 Å². The van der Waals surface area contributed by atoms with E-state index >= 15 is 0 Å². The van der Waals surface area contributed by atoms with Gasteiger partial charge in [-0.15, -0.1) is 0 Å². The van der Waals surface area contributed by atoms with Crippen molar-refractivity contribution in [3.8, 4) is 0 Å². The molecule has 5 N–H and O–H groups in total. The van der Waals surface area contributed by atoms with Gasteiger partial charge >= 0.3 is 0 Å². The molecule has 1 aromatic carbocycles. The minimum absolute atomic E-state index is 0.112. The summed E-state index contributed by atoms with van der Waals surface area (Å²) in [7, 11) is 0. The average molecular weight is 332 g/mol. The number of rotatable bonds is 5. The molecule has 4 heterocycles. The highest BCUT2D eigenvalue weighted by Crippen LogP contribution is 2.45. The summed E-state index contributed by atoms with van der Waals surface area (Å²) in [5.74, 6) is 0. The first kappa shape index (κ1) is 16.4. The number of nitrogens with two attached hydrogens (primary N) is 1. The van der Waals surface area contributed by atoms with Gasteiger partial charge in [0, 0.05) is 5.69 Å². The number of nitrogens with one attached hydrogen (secondary N) is 2. The monoisotopic (exact) mass is 331 g/mol. The fourth-order valence-electron chi connectivity index (χ4n) is 6.62. The molecule has 0 radical (unpaired) electrons. The molecule has 0 spiro atoms. The van der Waals surface area contributed by atoms with E-state index in [1.54, 1.807) is 9.80 Å². The minimum atomic E-state index is -0.112. The lowest BCUT2D eigenvalue weighted by molar-refractivity contribution is -1.19. The van der Waals surface area contributed by atoms with Crippen LogP contribution in [0.15, 0.2) is 24.3 Å². The number of nitrogen functional groups attached to an aromatic ring is 1. The van der Waals surface area contributed by atoms with Gasteiger partial charge in [-0.1, -0.05) is 32.8 Å². The van der Waals surface area contributed by atoms with Crippen molar-refractivity contribution in [3.05, 3.63) is 29.8 Å². The molecular formula is C20H33N3O+2. The molecule has 1 aromatic rings. The molecule has 5 rings (SSSR count). The maximum absolute atomic E-state index is 11.3. The minimum Gasteiger partial charge on any atom is -0.399 e. The summed E-state index contributed by atoms with van der Waals surface area (Å²) in [6.45, 7) is 9.02. The largest absolute Gasteiger partial charge is 0.399 e. The van der Waals surface area contributed by atoms with E-state index in [1.807, 2.05) is 6.07 Å². The first-order valence-electron chi connectivity index (χ1n) is 9.76. The van der Waals surface area contributed by atoms with Gasteiger partial charge < -0.3 is 10.8 Å². The molecule has 4 fully saturated rings. The third-order valence-electron chi connectivity index (χ3n) is 7.03. The number of benzene rings is 1. The number of hydrogen-bond acceptors (Lipinski definition) is 2.